The van der Waals surface area contributed by atoms with Crippen LogP contribution in [0.15, 0.2) is 6.20 Å². The van der Waals surface area contributed by atoms with Gasteiger partial charge >= 0.3 is 5.97 Å². The minimum Gasteiger partial charge on any atom is -0.496 e. The van der Waals surface area contributed by atoms with Gasteiger partial charge in [-0.25, -0.2) is 0 Å². The molecule has 0 saturated heterocycles. The standard InChI is InChI=1S/C12H17NO3S/c1-7-5-13-10(8(2)11(7)16-4)6-17-9(3)12(14)15/h5,9H,6H2,1-4H3,(H,14,15). The molecule has 0 spiro atoms. The highest BCUT2D eigenvalue weighted by Crippen LogP contribution is 2.27. The minimum absolute atomic E-state index is 0.427. The van der Waals surface area contributed by atoms with Crippen molar-refractivity contribution in [3.05, 3.63) is 23.0 Å². The zero-order valence-electron chi connectivity index (χ0n) is 10.5. The van der Waals surface area contributed by atoms with E-state index in [9.17, 15) is 4.79 Å². The summed E-state index contributed by atoms with van der Waals surface area (Å²) in [5.74, 6) is 0.612. The molecule has 0 radical (unpaired) electrons. The molecule has 5 heteroatoms. The van der Waals surface area contributed by atoms with Gasteiger partial charge in [0.15, 0.2) is 0 Å². The molecular formula is C12H17NO3S. The monoisotopic (exact) mass is 255 g/mol. The van der Waals surface area contributed by atoms with Gasteiger partial charge < -0.3 is 9.84 Å². The minimum atomic E-state index is -0.799. The molecule has 1 heterocycles. The van der Waals surface area contributed by atoms with Gasteiger partial charge in [0, 0.05) is 23.1 Å². The summed E-state index contributed by atoms with van der Waals surface area (Å²) in [5.41, 5.74) is 2.85. The van der Waals surface area contributed by atoms with E-state index in [-0.39, 0.29) is 0 Å². The second-order valence-corrected chi connectivity index (χ2v) is 5.17. The van der Waals surface area contributed by atoms with E-state index in [4.69, 9.17) is 9.84 Å². The Balaban J connectivity index is 2.82. The van der Waals surface area contributed by atoms with Crippen LogP contribution in [-0.4, -0.2) is 28.4 Å². The predicted molar refractivity (Wildman–Crippen MR) is 68.7 cm³/mol. The second kappa shape index (κ2) is 5.91. The fourth-order valence-corrected chi connectivity index (χ4v) is 2.33. The maximum Gasteiger partial charge on any atom is 0.316 e. The van der Waals surface area contributed by atoms with Crippen LogP contribution >= 0.6 is 11.8 Å². The summed E-state index contributed by atoms with van der Waals surface area (Å²) in [7, 11) is 1.63. The molecule has 1 unspecified atom stereocenters. The zero-order chi connectivity index (χ0) is 13.0. The first kappa shape index (κ1) is 13.8. The first-order chi connectivity index (χ1) is 7.97. The molecule has 1 rings (SSSR count). The lowest BCUT2D eigenvalue weighted by molar-refractivity contribution is -0.136. The number of rotatable bonds is 5. The van der Waals surface area contributed by atoms with Crippen molar-refractivity contribution in [1.82, 2.24) is 4.98 Å². The third-order valence-electron chi connectivity index (χ3n) is 2.57. The Hall–Kier alpha value is -1.23. The normalized spacial score (nSPS) is 12.2. The Labute approximate surface area is 105 Å². The van der Waals surface area contributed by atoms with Crippen LogP contribution in [0.1, 0.15) is 23.7 Å². The molecule has 0 saturated carbocycles. The molecule has 1 aromatic rings. The number of nitrogens with zero attached hydrogens (tertiary/aromatic N) is 1. The predicted octanol–water partition coefficient (Wildman–Crippen LogP) is 2.41. The van der Waals surface area contributed by atoms with Crippen LogP contribution in [0, 0.1) is 13.8 Å². The van der Waals surface area contributed by atoms with Crippen LogP contribution in [0.4, 0.5) is 0 Å². The number of aliphatic carboxylic acids is 1. The van der Waals surface area contributed by atoms with Crippen molar-refractivity contribution in [1.29, 1.82) is 0 Å². The molecule has 0 aliphatic heterocycles. The first-order valence-electron chi connectivity index (χ1n) is 5.30. The number of pyridine rings is 1. The van der Waals surface area contributed by atoms with E-state index in [0.29, 0.717) is 5.75 Å². The Kier molecular flexibility index (Phi) is 4.81. The van der Waals surface area contributed by atoms with Gasteiger partial charge in [0.2, 0.25) is 0 Å². The summed E-state index contributed by atoms with van der Waals surface area (Å²) < 4.78 is 5.31. The van der Waals surface area contributed by atoms with Crippen molar-refractivity contribution in [2.45, 2.75) is 31.8 Å². The third kappa shape index (κ3) is 3.36. The summed E-state index contributed by atoms with van der Waals surface area (Å²) in [6.45, 7) is 5.56. The number of ether oxygens (including phenoxy) is 1. The number of carboxylic acid groups (broad SMARTS) is 1. The molecule has 0 aromatic carbocycles. The largest absolute Gasteiger partial charge is 0.496 e. The summed E-state index contributed by atoms with van der Waals surface area (Å²) >= 11 is 1.36. The van der Waals surface area contributed by atoms with Gasteiger partial charge in [0.05, 0.1) is 18.1 Å². The molecule has 1 aromatic heterocycles. The van der Waals surface area contributed by atoms with Crippen molar-refractivity contribution < 1.29 is 14.6 Å². The van der Waals surface area contributed by atoms with Crippen molar-refractivity contribution in [3.8, 4) is 5.75 Å². The van der Waals surface area contributed by atoms with Crippen molar-refractivity contribution >= 4 is 17.7 Å². The Morgan fingerprint density at radius 2 is 2.24 bits per heavy atom. The number of aromatic nitrogens is 1. The quantitative estimate of drug-likeness (QED) is 0.875. The van der Waals surface area contributed by atoms with Gasteiger partial charge in [-0.1, -0.05) is 0 Å². The topological polar surface area (TPSA) is 59.4 Å². The van der Waals surface area contributed by atoms with Gasteiger partial charge in [-0.2, -0.15) is 0 Å². The van der Waals surface area contributed by atoms with Gasteiger partial charge in [-0.05, 0) is 20.8 Å². The highest BCUT2D eigenvalue weighted by atomic mass is 32.2. The van der Waals surface area contributed by atoms with Gasteiger partial charge in [-0.15, -0.1) is 11.8 Å². The lowest BCUT2D eigenvalue weighted by Crippen LogP contribution is -2.12. The molecule has 4 nitrogen and oxygen atoms in total. The van der Waals surface area contributed by atoms with Crippen LogP contribution in [0.25, 0.3) is 0 Å². The van der Waals surface area contributed by atoms with E-state index >= 15 is 0 Å². The summed E-state index contributed by atoms with van der Waals surface area (Å²) in [6.07, 6.45) is 1.76. The molecule has 0 amide bonds. The molecule has 94 valence electrons. The zero-order valence-corrected chi connectivity index (χ0v) is 11.3. The van der Waals surface area contributed by atoms with E-state index in [1.807, 2.05) is 13.8 Å². The smallest absolute Gasteiger partial charge is 0.316 e. The first-order valence-corrected chi connectivity index (χ1v) is 6.35. The summed E-state index contributed by atoms with van der Waals surface area (Å²) in [4.78, 5) is 15.0. The van der Waals surface area contributed by atoms with Crippen molar-refractivity contribution in [3.63, 3.8) is 0 Å². The van der Waals surface area contributed by atoms with E-state index in [2.05, 4.69) is 4.98 Å². The number of aryl methyl sites for hydroxylation is 1. The Bertz CT molecular complexity index is 420. The average Bonchev–Trinajstić information content (AvgIpc) is 2.28. The fraction of sp³-hybridized carbons (Fsp3) is 0.500. The van der Waals surface area contributed by atoms with E-state index in [0.717, 1.165) is 22.6 Å². The van der Waals surface area contributed by atoms with Crippen LogP contribution in [-0.2, 0) is 10.5 Å². The summed E-state index contributed by atoms with van der Waals surface area (Å²) in [6, 6.07) is 0. The fourth-order valence-electron chi connectivity index (χ4n) is 1.49. The van der Waals surface area contributed by atoms with E-state index < -0.39 is 11.2 Å². The Morgan fingerprint density at radius 3 is 2.76 bits per heavy atom. The van der Waals surface area contributed by atoms with Crippen LogP contribution < -0.4 is 4.74 Å². The maximum atomic E-state index is 10.7. The molecule has 0 bridgehead atoms. The highest BCUT2D eigenvalue weighted by Gasteiger charge is 2.14. The molecular weight excluding hydrogens is 238 g/mol. The SMILES string of the molecule is COc1c(C)cnc(CSC(C)C(=O)O)c1C. The average molecular weight is 255 g/mol. The molecule has 0 aliphatic carbocycles. The highest BCUT2D eigenvalue weighted by molar-refractivity contribution is 7.99. The molecule has 1 N–H and O–H groups in total. The molecule has 17 heavy (non-hydrogen) atoms. The number of hydrogen-bond donors (Lipinski definition) is 1. The van der Waals surface area contributed by atoms with Crippen LogP contribution in [0.2, 0.25) is 0 Å². The van der Waals surface area contributed by atoms with E-state index in [1.54, 1.807) is 20.2 Å². The Morgan fingerprint density at radius 1 is 1.59 bits per heavy atom. The maximum absolute atomic E-state index is 10.7. The van der Waals surface area contributed by atoms with Crippen LogP contribution in [0.3, 0.4) is 0 Å². The number of carboxylic acids is 1. The van der Waals surface area contributed by atoms with Crippen molar-refractivity contribution in [2.75, 3.05) is 7.11 Å². The van der Waals surface area contributed by atoms with Crippen LogP contribution in [0.5, 0.6) is 5.75 Å². The lowest BCUT2D eigenvalue weighted by atomic mass is 10.1. The summed E-state index contributed by atoms with van der Waals surface area (Å²) in [5, 5.41) is 8.38. The number of hydrogen-bond acceptors (Lipinski definition) is 4. The molecule has 0 aliphatic rings. The van der Waals surface area contributed by atoms with Gasteiger partial charge in [0.25, 0.3) is 0 Å². The van der Waals surface area contributed by atoms with Gasteiger partial charge in [-0.3, -0.25) is 9.78 Å². The van der Waals surface area contributed by atoms with E-state index in [1.165, 1.54) is 11.8 Å². The van der Waals surface area contributed by atoms with Crippen molar-refractivity contribution in [2.24, 2.45) is 0 Å². The third-order valence-corrected chi connectivity index (χ3v) is 3.71. The molecule has 1 atom stereocenters. The second-order valence-electron chi connectivity index (χ2n) is 3.84. The molecule has 0 fully saturated rings. The number of thioether (sulfide) groups is 1. The van der Waals surface area contributed by atoms with Gasteiger partial charge in [0.1, 0.15) is 5.75 Å². The lowest BCUT2D eigenvalue weighted by Gasteiger charge is -2.12. The number of methoxy groups -OCH3 is 1. The number of carbonyl (C=O) groups is 1.